The van der Waals surface area contributed by atoms with Crippen LogP contribution in [0.4, 0.5) is 5.69 Å². The first-order valence-electron chi connectivity index (χ1n) is 8.69. The maximum atomic E-state index is 12.4. The van der Waals surface area contributed by atoms with Crippen molar-refractivity contribution in [2.24, 2.45) is 0 Å². The molecule has 2 aromatic rings. The third kappa shape index (κ3) is 6.33. The van der Waals surface area contributed by atoms with Gasteiger partial charge in [-0.3, -0.25) is 0 Å². The molecule has 0 radical (unpaired) electrons. The number of carbonyl (C=O) groups is 2. The molecule has 0 fully saturated rings. The zero-order valence-electron chi connectivity index (χ0n) is 16.0. The molecule has 27 heavy (non-hydrogen) atoms. The number of phenolic OH excluding ortho intramolecular Hbond substituents is 1. The summed E-state index contributed by atoms with van der Waals surface area (Å²) in [6.07, 6.45) is 0. The van der Waals surface area contributed by atoms with Gasteiger partial charge in [0.15, 0.2) is 0 Å². The maximum Gasteiger partial charge on any atom is 0.340 e. The Bertz CT molecular complexity index is 796. The lowest BCUT2D eigenvalue weighted by Crippen LogP contribution is -2.30. The Kier molecular flexibility index (Phi) is 6.45. The first-order valence-corrected chi connectivity index (χ1v) is 8.69. The van der Waals surface area contributed by atoms with Gasteiger partial charge in [0.05, 0.1) is 5.56 Å². The molecule has 0 aliphatic carbocycles. The normalized spacial score (nSPS) is 12.1. The molecule has 2 N–H and O–H groups in total. The van der Waals surface area contributed by atoms with Gasteiger partial charge < -0.3 is 19.9 Å². The summed E-state index contributed by atoms with van der Waals surface area (Å²) in [5.41, 5.74) is 0.732. The number of anilines is 1. The average molecular weight is 371 g/mol. The average Bonchev–Trinajstić information content (AvgIpc) is 2.60. The topological polar surface area (TPSA) is 84.9 Å². The van der Waals surface area contributed by atoms with Crippen molar-refractivity contribution < 1.29 is 24.2 Å². The first kappa shape index (κ1) is 20.3. The molecule has 0 saturated heterocycles. The van der Waals surface area contributed by atoms with Gasteiger partial charge in [-0.1, -0.05) is 30.3 Å². The van der Waals surface area contributed by atoms with Crippen LogP contribution in [0.3, 0.4) is 0 Å². The summed E-state index contributed by atoms with van der Waals surface area (Å²) in [5.74, 6) is -1.12. The van der Waals surface area contributed by atoms with Crippen molar-refractivity contribution in [3.05, 3.63) is 59.7 Å². The molecule has 1 atom stereocenters. The van der Waals surface area contributed by atoms with Gasteiger partial charge in [0, 0.05) is 5.69 Å². The number of carbonyl (C=O) groups excluding carboxylic acids is 2. The first-order chi connectivity index (χ1) is 12.7. The van der Waals surface area contributed by atoms with E-state index in [1.54, 1.807) is 27.7 Å². The molecular formula is C21H25NO5. The number of hydrogen-bond acceptors (Lipinski definition) is 6. The number of ether oxygens (including phenoxy) is 2. The summed E-state index contributed by atoms with van der Waals surface area (Å²) in [6, 6.07) is 12.9. The minimum Gasteiger partial charge on any atom is -0.508 e. The van der Waals surface area contributed by atoms with Crippen molar-refractivity contribution in [3.8, 4) is 5.75 Å². The molecule has 0 amide bonds. The van der Waals surface area contributed by atoms with E-state index in [4.69, 9.17) is 9.47 Å². The fourth-order valence-corrected chi connectivity index (χ4v) is 2.31. The minimum atomic E-state index is -0.695. The zero-order valence-corrected chi connectivity index (χ0v) is 16.0. The van der Waals surface area contributed by atoms with Gasteiger partial charge in [-0.2, -0.15) is 0 Å². The monoisotopic (exact) mass is 371 g/mol. The van der Waals surface area contributed by atoms with Gasteiger partial charge in [-0.25, -0.2) is 9.59 Å². The van der Waals surface area contributed by atoms with Crippen LogP contribution in [0, 0.1) is 0 Å². The molecule has 1 unspecified atom stereocenters. The lowest BCUT2D eigenvalue weighted by Gasteiger charge is -2.22. The highest BCUT2D eigenvalue weighted by molar-refractivity contribution is 5.97. The highest BCUT2D eigenvalue weighted by atomic mass is 16.6. The molecule has 0 aromatic heterocycles. The van der Waals surface area contributed by atoms with Gasteiger partial charge in [0.25, 0.3) is 0 Å². The Balaban J connectivity index is 2.07. The van der Waals surface area contributed by atoms with Crippen LogP contribution in [0.1, 0.15) is 43.6 Å². The third-order valence-corrected chi connectivity index (χ3v) is 3.57. The summed E-state index contributed by atoms with van der Waals surface area (Å²) < 4.78 is 10.7. The number of aromatic hydroxyl groups is 1. The maximum absolute atomic E-state index is 12.4. The van der Waals surface area contributed by atoms with Gasteiger partial charge in [0.2, 0.25) is 0 Å². The largest absolute Gasteiger partial charge is 0.508 e. The Morgan fingerprint density at radius 3 is 2.41 bits per heavy atom. The second-order valence-electron chi connectivity index (χ2n) is 7.19. The van der Waals surface area contributed by atoms with Crippen LogP contribution in [0.25, 0.3) is 0 Å². The van der Waals surface area contributed by atoms with Gasteiger partial charge in [0.1, 0.15) is 24.0 Å². The Hall–Kier alpha value is -3.02. The molecule has 2 rings (SSSR count). The number of benzene rings is 2. The van der Waals surface area contributed by atoms with Crippen LogP contribution in [0.5, 0.6) is 5.75 Å². The summed E-state index contributed by atoms with van der Waals surface area (Å²) in [7, 11) is 0. The SMILES string of the molecule is CC(Nc1ccc(O)cc1C(=O)OC(C)(C)C)C(=O)OCc1ccccc1. The number of esters is 2. The molecule has 0 saturated carbocycles. The quantitative estimate of drug-likeness (QED) is 0.592. The smallest absolute Gasteiger partial charge is 0.340 e. The molecule has 2 aromatic carbocycles. The van der Waals surface area contributed by atoms with Gasteiger partial charge in [-0.15, -0.1) is 0 Å². The van der Waals surface area contributed by atoms with Crippen molar-refractivity contribution in [2.75, 3.05) is 5.32 Å². The van der Waals surface area contributed by atoms with E-state index in [0.717, 1.165) is 5.56 Å². The lowest BCUT2D eigenvalue weighted by atomic mass is 10.1. The highest BCUT2D eigenvalue weighted by Gasteiger charge is 2.23. The van der Waals surface area contributed by atoms with E-state index in [9.17, 15) is 14.7 Å². The van der Waals surface area contributed by atoms with Crippen LogP contribution >= 0.6 is 0 Å². The van der Waals surface area contributed by atoms with Crippen LogP contribution in [0.15, 0.2) is 48.5 Å². The Labute approximate surface area is 159 Å². The van der Waals surface area contributed by atoms with E-state index in [0.29, 0.717) is 5.69 Å². The molecular weight excluding hydrogens is 346 g/mol. The summed E-state index contributed by atoms with van der Waals surface area (Å²) >= 11 is 0. The predicted molar refractivity (Wildman–Crippen MR) is 103 cm³/mol. The minimum absolute atomic E-state index is 0.0688. The predicted octanol–water partition coefficient (Wildman–Crippen LogP) is 3.89. The number of rotatable bonds is 6. The van der Waals surface area contributed by atoms with Crippen molar-refractivity contribution in [2.45, 2.75) is 45.9 Å². The molecule has 6 heteroatoms. The molecule has 0 spiro atoms. The van der Waals surface area contributed by atoms with Crippen LogP contribution in [0.2, 0.25) is 0 Å². The second kappa shape index (κ2) is 8.58. The van der Waals surface area contributed by atoms with Crippen LogP contribution in [-0.4, -0.2) is 28.7 Å². The van der Waals surface area contributed by atoms with Crippen molar-refractivity contribution in [3.63, 3.8) is 0 Å². The summed E-state index contributed by atoms with van der Waals surface area (Å²) in [5, 5.41) is 12.7. The molecule has 0 heterocycles. The Morgan fingerprint density at radius 1 is 1.11 bits per heavy atom. The third-order valence-electron chi connectivity index (χ3n) is 3.57. The van der Waals surface area contributed by atoms with E-state index < -0.39 is 23.6 Å². The molecule has 0 aliphatic heterocycles. The van der Waals surface area contributed by atoms with Gasteiger partial charge in [-0.05, 0) is 51.5 Å². The molecule has 6 nitrogen and oxygen atoms in total. The highest BCUT2D eigenvalue weighted by Crippen LogP contribution is 2.25. The molecule has 144 valence electrons. The molecule has 0 bridgehead atoms. The standard InChI is InChI=1S/C21H25NO5/c1-14(19(24)26-13-15-8-6-5-7-9-15)22-18-11-10-16(23)12-17(18)20(25)27-21(2,3)4/h5-12,14,22-23H,13H2,1-4H3. The van der Waals surface area contributed by atoms with Crippen LogP contribution in [-0.2, 0) is 20.9 Å². The van der Waals surface area contributed by atoms with Gasteiger partial charge >= 0.3 is 11.9 Å². The fraction of sp³-hybridized carbons (Fsp3) is 0.333. The lowest BCUT2D eigenvalue weighted by molar-refractivity contribution is -0.145. The van der Waals surface area contributed by atoms with Crippen molar-refractivity contribution in [1.29, 1.82) is 0 Å². The Morgan fingerprint density at radius 2 is 1.78 bits per heavy atom. The van der Waals surface area contributed by atoms with Crippen LogP contribution < -0.4 is 5.32 Å². The zero-order chi connectivity index (χ0) is 20.0. The van der Waals surface area contributed by atoms with Crippen molar-refractivity contribution >= 4 is 17.6 Å². The molecule has 0 aliphatic rings. The van der Waals surface area contributed by atoms with E-state index in [1.807, 2.05) is 30.3 Å². The number of phenols is 1. The van der Waals surface area contributed by atoms with E-state index in [-0.39, 0.29) is 17.9 Å². The summed E-state index contributed by atoms with van der Waals surface area (Å²) in [4.78, 5) is 24.7. The van der Waals surface area contributed by atoms with E-state index in [2.05, 4.69) is 5.32 Å². The fourth-order valence-electron chi connectivity index (χ4n) is 2.31. The number of hydrogen-bond donors (Lipinski definition) is 2. The second-order valence-corrected chi connectivity index (χ2v) is 7.19. The van der Waals surface area contributed by atoms with Crippen molar-refractivity contribution in [1.82, 2.24) is 0 Å². The van der Waals surface area contributed by atoms with E-state index >= 15 is 0 Å². The van der Waals surface area contributed by atoms with E-state index in [1.165, 1.54) is 18.2 Å². The number of nitrogens with one attached hydrogen (secondary N) is 1. The summed E-state index contributed by atoms with van der Waals surface area (Å²) in [6.45, 7) is 7.07.